The van der Waals surface area contributed by atoms with Crippen molar-refractivity contribution in [1.82, 2.24) is 0 Å². The van der Waals surface area contributed by atoms with E-state index in [2.05, 4.69) is 12.1 Å². The van der Waals surface area contributed by atoms with Crippen LogP contribution in [0.4, 0.5) is 0 Å². The minimum Gasteiger partial charge on any atom is -0.318 e. The fourth-order valence-corrected chi connectivity index (χ4v) is 3.92. The first kappa shape index (κ1) is 15.7. The van der Waals surface area contributed by atoms with Crippen molar-refractivity contribution < 1.29 is 9.36 Å². The van der Waals surface area contributed by atoms with E-state index in [1.165, 1.54) is 5.56 Å². The Balaban J connectivity index is 1.96. The van der Waals surface area contributed by atoms with Gasteiger partial charge in [0, 0.05) is 11.7 Å². The van der Waals surface area contributed by atoms with Crippen LogP contribution in [0, 0.1) is 13.8 Å². The molecule has 3 heteroatoms. The van der Waals surface area contributed by atoms with Crippen molar-refractivity contribution >= 4 is 13.3 Å². The zero-order valence-electron chi connectivity index (χ0n) is 12.6. The summed E-state index contributed by atoms with van der Waals surface area (Å²) in [5, 5.41) is 0. The van der Waals surface area contributed by atoms with Crippen LogP contribution in [0.15, 0.2) is 48.5 Å². The molecule has 0 fully saturated rings. The van der Waals surface area contributed by atoms with E-state index in [4.69, 9.17) is 0 Å². The van der Waals surface area contributed by atoms with E-state index in [1.807, 2.05) is 50.2 Å². The predicted octanol–water partition coefficient (Wildman–Crippen LogP) is 4.64. The Hall–Kier alpha value is -1.66. The molecule has 2 aromatic carbocycles. The summed E-state index contributed by atoms with van der Waals surface area (Å²) in [6, 6.07) is 15.8. The maximum absolute atomic E-state index is 12.4. The lowest BCUT2D eigenvalue weighted by molar-refractivity contribution is 0.107. The molecule has 0 bridgehead atoms. The maximum atomic E-state index is 12.4. The first-order valence-corrected chi connectivity index (χ1v) is 8.89. The van der Waals surface area contributed by atoms with E-state index in [9.17, 15) is 9.36 Å². The summed E-state index contributed by atoms with van der Waals surface area (Å²) < 4.78 is 12.3. The van der Waals surface area contributed by atoms with Crippen molar-refractivity contribution in [3.63, 3.8) is 0 Å². The Morgan fingerprint density at radius 3 is 2.19 bits per heavy atom. The van der Waals surface area contributed by atoms with Crippen LogP contribution in [0.3, 0.4) is 0 Å². The molecule has 2 nitrogen and oxygen atoms in total. The zero-order valence-corrected chi connectivity index (χ0v) is 13.6. The molecule has 0 aromatic heterocycles. The van der Waals surface area contributed by atoms with Gasteiger partial charge in [0.15, 0.2) is 0 Å². The van der Waals surface area contributed by atoms with Crippen molar-refractivity contribution in [2.75, 3.05) is 6.16 Å². The zero-order chi connectivity index (χ0) is 15.2. The average molecular weight is 300 g/mol. The van der Waals surface area contributed by atoms with E-state index in [-0.39, 0.29) is 5.52 Å². The van der Waals surface area contributed by atoms with Crippen molar-refractivity contribution in [2.45, 2.75) is 26.7 Å². The summed E-state index contributed by atoms with van der Waals surface area (Å²) in [4.78, 5) is 12.4. The Morgan fingerprint density at radius 2 is 1.57 bits per heavy atom. The smallest absolute Gasteiger partial charge is 0.219 e. The lowest BCUT2D eigenvalue weighted by atomic mass is 10.0. The second-order valence-corrected chi connectivity index (χ2v) is 7.16. The molecule has 110 valence electrons. The topological polar surface area (TPSA) is 34.1 Å². The van der Waals surface area contributed by atoms with Gasteiger partial charge in [-0.15, -0.1) is 0 Å². The highest BCUT2D eigenvalue weighted by atomic mass is 31.1. The van der Waals surface area contributed by atoms with Crippen LogP contribution in [-0.2, 0) is 11.0 Å². The van der Waals surface area contributed by atoms with Crippen LogP contribution in [0.2, 0.25) is 0 Å². The Morgan fingerprint density at radius 1 is 0.952 bits per heavy atom. The van der Waals surface area contributed by atoms with Gasteiger partial charge in [0.2, 0.25) is 5.52 Å². The highest BCUT2D eigenvalue weighted by molar-refractivity contribution is 7.64. The summed E-state index contributed by atoms with van der Waals surface area (Å²) in [5.41, 5.74) is 3.56. The van der Waals surface area contributed by atoms with Gasteiger partial charge in [-0.25, -0.2) is 0 Å². The van der Waals surface area contributed by atoms with Crippen molar-refractivity contribution in [3.05, 3.63) is 70.8 Å². The Kier molecular flexibility index (Phi) is 5.52. The summed E-state index contributed by atoms with van der Waals surface area (Å²) >= 11 is 0. The van der Waals surface area contributed by atoms with Crippen LogP contribution in [0.5, 0.6) is 0 Å². The third-order valence-electron chi connectivity index (χ3n) is 3.67. The first-order valence-electron chi connectivity index (χ1n) is 7.27. The molecule has 2 rings (SSSR count). The fraction of sp³-hybridized carbons (Fsp3) is 0.278. The molecular formula is C18H21O2P. The fourth-order valence-electron chi connectivity index (χ4n) is 2.52. The molecule has 0 saturated heterocycles. The molecule has 0 N–H and O–H groups in total. The van der Waals surface area contributed by atoms with Crippen molar-refractivity contribution in [2.24, 2.45) is 0 Å². The number of rotatable bonds is 6. The number of hydrogen-bond acceptors (Lipinski definition) is 2. The minimum absolute atomic E-state index is 0.163. The average Bonchev–Trinajstić information content (AvgIpc) is 2.48. The van der Waals surface area contributed by atoms with Gasteiger partial charge < -0.3 is 4.57 Å². The summed E-state index contributed by atoms with van der Waals surface area (Å²) in [6.07, 6.45) is 2.15. The van der Waals surface area contributed by atoms with Crippen molar-refractivity contribution in [1.29, 1.82) is 0 Å². The summed E-state index contributed by atoms with van der Waals surface area (Å²) in [7, 11) is -2.22. The van der Waals surface area contributed by atoms with Gasteiger partial charge >= 0.3 is 0 Å². The van der Waals surface area contributed by atoms with Gasteiger partial charge in [-0.3, -0.25) is 4.79 Å². The van der Waals surface area contributed by atoms with E-state index in [1.54, 1.807) is 0 Å². The number of benzene rings is 2. The number of aryl methyl sites for hydroxylation is 3. The molecule has 1 atom stereocenters. The van der Waals surface area contributed by atoms with E-state index in [0.29, 0.717) is 11.7 Å². The quantitative estimate of drug-likeness (QED) is 0.728. The Bertz CT molecular complexity index is 627. The second kappa shape index (κ2) is 7.38. The van der Waals surface area contributed by atoms with E-state index >= 15 is 0 Å². The summed E-state index contributed by atoms with van der Waals surface area (Å²) in [6.45, 7) is 3.80. The van der Waals surface area contributed by atoms with Crippen LogP contribution in [-0.4, -0.2) is 11.7 Å². The molecule has 2 aromatic rings. The maximum Gasteiger partial charge on any atom is 0.219 e. The van der Waals surface area contributed by atoms with Gasteiger partial charge in [-0.2, -0.15) is 0 Å². The van der Waals surface area contributed by atoms with E-state index < -0.39 is 7.80 Å². The molecule has 0 heterocycles. The largest absolute Gasteiger partial charge is 0.318 e. The van der Waals surface area contributed by atoms with E-state index in [0.717, 1.165) is 24.0 Å². The molecule has 0 saturated carbocycles. The molecule has 0 aliphatic carbocycles. The third-order valence-corrected chi connectivity index (χ3v) is 5.24. The lowest BCUT2D eigenvalue weighted by Gasteiger charge is -2.08. The normalized spacial score (nSPS) is 12.1. The molecule has 0 spiro atoms. The highest BCUT2D eigenvalue weighted by Crippen LogP contribution is 2.31. The molecule has 21 heavy (non-hydrogen) atoms. The van der Waals surface area contributed by atoms with Gasteiger partial charge in [-0.1, -0.05) is 48.5 Å². The second-order valence-electron chi connectivity index (χ2n) is 5.36. The first-order chi connectivity index (χ1) is 10.1. The molecule has 1 unspecified atom stereocenters. The molecule has 0 amide bonds. The number of hydrogen-bond donors (Lipinski definition) is 0. The van der Waals surface area contributed by atoms with Gasteiger partial charge in [0.05, 0.1) is 0 Å². The monoisotopic (exact) mass is 300 g/mol. The molecular weight excluding hydrogens is 279 g/mol. The SMILES string of the molecule is Cc1cccc(C)c1C(=O)[PH](=O)CCCc1ccccc1. The minimum atomic E-state index is -2.22. The van der Waals surface area contributed by atoms with Crippen LogP contribution >= 0.6 is 7.80 Å². The molecule has 0 aliphatic heterocycles. The molecule has 0 radical (unpaired) electrons. The number of carbonyl (C=O) groups excluding carboxylic acids is 1. The van der Waals surface area contributed by atoms with Gasteiger partial charge in [0.1, 0.15) is 7.80 Å². The molecule has 0 aliphatic rings. The van der Waals surface area contributed by atoms with Crippen molar-refractivity contribution in [3.8, 4) is 0 Å². The van der Waals surface area contributed by atoms with Crippen LogP contribution in [0.1, 0.15) is 33.5 Å². The number of carbonyl (C=O) groups is 1. The van der Waals surface area contributed by atoms with Crippen LogP contribution < -0.4 is 0 Å². The Labute approximate surface area is 127 Å². The highest BCUT2D eigenvalue weighted by Gasteiger charge is 2.17. The lowest BCUT2D eigenvalue weighted by Crippen LogP contribution is -2.02. The van der Waals surface area contributed by atoms with Gasteiger partial charge in [-0.05, 0) is 43.4 Å². The third kappa shape index (κ3) is 4.15. The van der Waals surface area contributed by atoms with Crippen LogP contribution in [0.25, 0.3) is 0 Å². The standard InChI is InChI=1S/C18H21O2P/c1-14-8-6-9-15(2)17(14)18(19)21(20)13-7-12-16-10-4-3-5-11-16/h3-6,8-11,21H,7,12-13H2,1-2H3. The predicted molar refractivity (Wildman–Crippen MR) is 88.9 cm³/mol. The summed E-state index contributed by atoms with van der Waals surface area (Å²) in [5.74, 6) is 0. The van der Waals surface area contributed by atoms with Gasteiger partial charge in [0.25, 0.3) is 0 Å².